The molecule has 0 saturated carbocycles. The minimum absolute atomic E-state index is 0.00638. The van der Waals surface area contributed by atoms with Crippen molar-refractivity contribution in [3.05, 3.63) is 35.6 Å². The standard InChI is InChI=1S/C16H23FN2O/c1-12(11-18-2)16(20)19-8-4-7-15(19)10-13-5-3-6-14(17)9-13/h3,5-6,9,12,15,18H,4,7-8,10-11H2,1-2H3. The molecule has 2 rings (SSSR count). The lowest BCUT2D eigenvalue weighted by molar-refractivity contribution is -0.135. The Hall–Kier alpha value is -1.42. The number of nitrogens with zero attached hydrogens (tertiary/aromatic N) is 1. The van der Waals surface area contributed by atoms with E-state index in [1.54, 1.807) is 12.1 Å². The molecule has 4 heteroatoms. The average molecular weight is 278 g/mol. The van der Waals surface area contributed by atoms with E-state index in [1.165, 1.54) is 6.07 Å². The first kappa shape index (κ1) is 15.0. The molecule has 0 aromatic heterocycles. The number of amides is 1. The molecule has 2 unspecified atom stereocenters. The summed E-state index contributed by atoms with van der Waals surface area (Å²) < 4.78 is 13.2. The molecule has 2 atom stereocenters. The van der Waals surface area contributed by atoms with Crippen molar-refractivity contribution in [3.8, 4) is 0 Å². The van der Waals surface area contributed by atoms with Gasteiger partial charge >= 0.3 is 0 Å². The van der Waals surface area contributed by atoms with Crippen LogP contribution in [-0.4, -0.2) is 37.0 Å². The van der Waals surface area contributed by atoms with E-state index in [9.17, 15) is 9.18 Å². The van der Waals surface area contributed by atoms with Crippen LogP contribution in [0.2, 0.25) is 0 Å². The van der Waals surface area contributed by atoms with Crippen LogP contribution in [0, 0.1) is 11.7 Å². The molecule has 1 amide bonds. The molecular formula is C16H23FN2O. The van der Waals surface area contributed by atoms with Crippen molar-refractivity contribution < 1.29 is 9.18 Å². The van der Waals surface area contributed by atoms with Gasteiger partial charge < -0.3 is 10.2 Å². The van der Waals surface area contributed by atoms with E-state index in [-0.39, 0.29) is 23.7 Å². The molecule has 1 aliphatic heterocycles. The van der Waals surface area contributed by atoms with Crippen LogP contribution in [0.1, 0.15) is 25.3 Å². The number of rotatable bonds is 5. The molecule has 0 aliphatic carbocycles. The van der Waals surface area contributed by atoms with E-state index in [0.29, 0.717) is 6.54 Å². The highest BCUT2D eigenvalue weighted by molar-refractivity contribution is 5.79. The summed E-state index contributed by atoms with van der Waals surface area (Å²) in [7, 11) is 1.86. The zero-order valence-electron chi connectivity index (χ0n) is 12.2. The van der Waals surface area contributed by atoms with Gasteiger partial charge in [0.1, 0.15) is 5.82 Å². The number of nitrogens with one attached hydrogen (secondary N) is 1. The Labute approximate surface area is 120 Å². The first-order valence-corrected chi connectivity index (χ1v) is 7.31. The van der Waals surface area contributed by atoms with Crippen molar-refractivity contribution in [2.75, 3.05) is 20.1 Å². The second kappa shape index (κ2) is 6.84. The van der Waals surface area contributed by atoms with E-state index in [1.807, 2.05) is 24.9 Å². The third kappa shape index (κ3) is 3.57. The van der Waals surface area contributed by atoms with E-state index in [2.05, 4.69) is 5.32 Å². The molecule has 3 nitrogen and oxygen atoms in total. The van der Waals surface area contributed by atoms with Gasteiger partial charge in [0.15, 0.2) is 0 Å². The highest BCUT2D eigenvalue weighted by Crippen LogP contribution is 2.23. The summed E-state index contributed by atoms with van der Waals surface area (Å²) in [6.07, 6.45) is 2.79. The van der Waals surface area contributed by atoms with Crippen molar-refractivity contribution in [1.82, 2.24) is 10.2 Å². The first-order valence-electron chi connectivity index (χ1n) is 7.31. The second-order valence-electron chi connectivity index (χ2n) is 5.62. The number of benzene rings is 1. The number of carbonyl (C=O) groups excluding carboxylic acids is 1. The van der Waals surface area contributed by atoms with Crippen molar-refractivity contribution in [3.63, 3.8) is 0 Å². The number of halogens is 1. The van der Waals surface area contributed by atoms with E-state index >= 15 is 0 Å². The highest BCUT2D eigenvalue weighted by atomic mass is 19.1. The number of hydrogen-bond acceptors (Lipinski definition) is 2. The normalized spacial score (nSPS) is 20.1. The Morgan fingerprint density at radius 3 is 3.05 bits per heavy atom. The first-order chi connectivity index (χ1) is 9.61. The van der Waals surface area contributed by atoms with Crippen LogP contribution in [0.4, 0.5) is 4.39 Å². The SMILES string of the molecule is CNCC(C)C(=O)N1CCCC1Cc1cccc(F)c1. The predicted molar refractivity (Wildman–Crippen MR) is 77.9 cm³/mol. The van der Waals surface area contributed by atoms with Gasteiger partial charge in [-0.2, -0.15) is 0 Å². The topological polar surface area (TPSA) is 32.3 Å². The summed E-state index contributed by atoms with van der Waals surface area (Å²) in [5.41, 5.74) is 0.968. The average Bonchev–Trinajstić information content (AvgIpc) is 2.86. The summed E-state index contributed by atoms with van der Waals surface area (Å²) in [5.74, 6) is -0.00622. The van der Waals surface area contributed by atoms with Crippen LogP contribution < -0.4 is 5.32 Å². The number of hydrogen-bond donors (Lipinski definition) is 1. The van der Waals surface area contributed by atoms with Crippen molar-refractivity contribution in [1.29, 1.82) is 0 Å². The minimum Gasteiger partial charge on any atom is -0.339 e. The number of likely N-dealkylation sites (tertiary alicyclic amines) is 1. The van der Waals surface area contributed by atoms with E-state index in [0.717, 1.165) is 31.4 Å². The smallest absolute Gasteiger partial charge is 0.226 e. The summed E-state index contributed by atoms with van der Waals surface area (Å²) in [6, 6.07) is 6.90. The molecule has 1 N–H and O–H groups in total. The molecule has 0 spiro atoms. The molecule has 110 valence electrons. The largest absolute Gasteiger partial charge is 0.339 e. The van der Waals surface area contributed by atoms with Gasteiger partial charge in [0.25, 0.3) is 0 Å². The van der Waals surface area contributed by atoms with Crippen molar-refractivity contribution >= 4 is 5.91 Å². The third-order valence-electron chi connectivity index (χ3n) is 3.95. The molecule has 20 heavy (non-hydrogen) atoms. The van der Waals surface area contributed by atoms with Gasteiger partial charge in [-0.25, -0.2) is 4.39 Å². The van der Waals surface area contributed by atoms with Crippen LogP contribution in [0.25, 0.3) is 0 Å². The van der Waals surface area contributed by atoms with E-state index < -0.39 is 0 Å². The van der Waals surface area contributed by atoms with Gasteiger partial charge in [0.05, 0.1) is 0 Å². The zero-order chi connectivity index (χ0) is 14.5. The Morgan fingerprint density at radius 1 is 1.55 bits per heavy atom. The lowest BCUT2D eigenvalue weighted by Crippen LogP contribution is -2.42. The van der Waals surface area contributed by atoms with E-state index in [4.69, 9.17) is 0 Å². The molecule has 1 aromatic rings. The maximum absolute atomic E-state index is 13.2. The van der Waals surface area contributed by atoms with Gasteiger partial charge in [0, 0.05) is 25.0 Å². The Balaban J connectivity index is 2.02. The maximum Gasteiger partial charge on any atom is 0.226 e. The fourth-order valence-electron chi connectivity index (χ4n) is 2.95. The second-order valence-corrected chi connectivity index (χ2v) is 5.62. The van der Waals surface area contributed by atoms with Gasteiger partial charge in [-0.1, -0.05) is 19.1 Å². The molecule has 1 saturated heterocycles. The summed E-state index contributed by atoms with van der Waals surface area (Å²) in [6.45, 7) is 3.48. The van der Waals surface area contributed by atoms with Gasteiger partial charge in [0.2, 0.25) is 5.91 Å². The molecule has 1 heterocycles. The fraction of sp³-hybridized carbons (Fsp3) is 0.562. The molecule has 1 fully saturated rings. The highest BCUT2D eigenvalue weighted by Gasteiger charge is 2.31. The molecule has 1 aliphatic rings. The van der Waals surface area contributed by atoms with Crippen LogP contribution in [0.5, 0.6) is 0 Å². The van der Waals surface area contributed by atoms with Crippen LogP contribution in [-0.2, 0) is 11.2 Å². The molecule has 0 bridgehead atoms. The lowest BCUT2D eigenvalue weighted by atomic mass is 10.0. The zero-order valence-corrected chi connectivity index (χ0v) is 12.2. The maximum atomic E-state index is 13.2. The van der Waals surface area contributed by atoms with Gasteiger partial charge in [-0.3, -0.25) is 4.79 Å². The third-order valence-corrected chi connectivity index (χ3v) is 3.95. The molecule has 0 radical (unpaired) electrons. The molecular weight excluding hydrogens is 255 g/mol. The van der Waals surface area contributed by atoms with Crippen LogP contribution >= 0.6 is 0 Å². The summed E-state index contributed by atoms with van der Waals surface area (Å²) >= 11 is 0. The Morgan fingerprint density at radius 2 is 2.35 bits per heavy atom. The lowest BCUT2D eigenvalue weighted by Gasteiger charge is -2.27. The number of carbonyl (C=O) groups is 1. The van der Waals surface area contributed by atoms with Crippen LogP contribution in [0.15, 0.2) is 24.3 Å². The fourth-order valence-corrected chi connectivity index (χ4v) is 2.95. The van der Waals surface area contributed by atoms with Crippen LogP contribution in [0.3, 0.4) is 0 Å². The Kier molecular flexibility index (Phi) is 5.12. The summed E-state index contributed by atoms with van der Waals surface area (Å²) in [4.78, 5) is 14.4. The monoisotopic (exact) mass is 278 g/mol. The van der Waals surface area contributed by atoms with Crippen molar-refractivity contribution in [2.45, 2.75) is 32.2 Å². The summed E-state index contributed by atoms with van der Waals surface area (Å²) in [5, 5.41) is 3.05. The Bertz CT molecular complexity index is 464. The van der Waals surface area contributed by atoms with Gasteiger partial charge in [-0.05, 0) is 44.0 Å². The minimum atomic E-state index is -0.207. The quantitative estimate of drug-likeness (QED) is 0.895. The molecule has 1 aromatic carbocycles. The van der Waals surface area contributed by atoms with Crippen molar-refractivity contribution in [2.24, 2.45) is 5.92 Å². The van der Waals surface area contributed by atoms with Gasteiger partial charge in [-0.15, -0.1) is 0 Å². The predicted octanol–water partition coefficient (Wildman–Crippen LogP) is 2.21.